The van der Waals surface area contributed by atoms with Gasteiger partial charge in [0.1, 0.15) is 12.2 Å². The lowest BCUT2D eigenvalue weighted by molar-refractivity contribution is -0.181. The van der Waals surface area contributed by atoms with Crippen molar-refractivity contribution in [2.75, 3.05) is 0 Å². The Hall–Kier alpha value is -2.46. The topological polar surface area (TPSA) is 125 Å². The second-order valence-electron chi connectivity index (χ2n) is 6.91. The van der Waals surface area contributed by atoms with Crippen molar-refractivity contribution in [1.82, 2.24) is 4.72 Å². The molecule has 4 atom stereocenters. The molecule has 0 saturated heterocycles. The van der Waals surface area contributed by atoms with Crippen LogP contribution in [0.15, 0.2) is 29.2 Å². The fraction of sp³-hybridized carbons (Fsp3) is 0.526. The minimum atomic E-state index is -4.04. The van der Waals surface area contributed by atoms with Crippen molar-refractivity contribution in [2.24, 2.45) is 0 Å². The monoisotopic (exact) mass is 427 g/mol. The van der Waals surface area contributed by atoms with Crippen LogP contribution in [-0.2, 0) is 38.6 Å². The predicted molar refractivity (Wildman–Crippen MR) is 101 cm³/mol. The lowest BCUT2D eigenvalue weighted by atomic mass is 9.87. The van der Waals surface area contributed by atoms with E-state index in [0.717, 1.165) is 12.5 Å². The lowest BCUT2D eigenvalue weighted by Gasteiger charge is -2.40. The number of esters is 3. The molecule has 1 aliphatic rings. The number of sulfonamides is 1. The van der Waals surface area contributed by atoms with Gasteiger partial charge in [0.25, 0.3) is 0 Å². The third-order valence-corrected chi connectivity index (χ3v) is 5.89. The number of benzene rings is 1. The van der Waals surface area contributed by atoms with E-state index in [0.29, 0.717) is 0 Å². The van der Waals surface area contributed by atoms with Gasteiger partial charge in [0.2, 0.25) is 10.0 Å². The Bertz CT molecular complexity index is 865. The third kappa shape index (κ3) is 6.26. The van der Waals surface area contributed by atoms with E-state index in [2.05, 4.69) is 4.72 Å². The Balaban J connectivity index is 2.41. The van der Waals surface area contributed by atoms with E-state index < -0.39 is 52.3 Å². The molecule has 1 aromatic rings. The Morgan fingerprint density at radius 3 is 1.86 bits per heavy atom. The highest BCUT2D eigenvalue weighted by Gasteiger charge is 2.47. The van der Waals surface area contributed by atoms with Gasteiger partial charge in [0.05, 0.1) is 10.9 Å². The second-order valence-corrected chi connectivity index (χ2v) is 8.62. The van der Waals surface area contributed by atoms with Crippen LogP contribution >= 0.6 is 0 Å². The Labute approximate surface area is 169 Å². The Morgan fingerprint density at radius 2 is 1.34 bits per heavy atom. The van der Waals surface area contributed by atoms with Crippen LogP contribution in [0, 0.1) is 6.92 Å². The maximum Gasteiger partial charge on any atom is 0.303 e. The number of aryl methyl sites for hydroxylation is 1. The Kier molecular flexibility index (Phi) is 7.37. The molecule has 0 aliphatic heterocycles. The number of ether oxygens (including phenoxy) is 3. The summed E-state index contributed by atoms with van der Waals surface area (Å²) in [7, 11) is -4.04. The van der Waals surface area contributed by atoms with Gasteiger partial charge in [-0.2, -0.15) is 0 Å². The molecule has 0 unspecified atom stereocenters. The highest BCUT2D eigenvalue weighted by atomic mass is 32.2. The van der Waals surface area contributed by atoms with Crippen molar-refractivity contribution in [1.29, 1.82) is 0 Å². The molecule has 2 rings (SSSR count). The van der Waals surface area contributed by atoms with Crippen LogP contribution in [-0.4, -0.2) is 50.7 Å². The van der Waals surface area contributed by atoms with Gasteiger partial charge in [-0.3, -0.25) is 14.4 Å². The molecular weight excluding hydrogens is 402 g/mol. The summed E-state index contributed by atoms with van der Waals surface area (Å²) < 4.78 is 44.1. The summed E-state index contributed by atoms with van der Waals surface area (Å²) in [5.74, 6) is -1.89. The molecule has 1 fully saturated rings. The van der Waals surface area contributed by atoms with Crippen molar-refractivity contribution in [3.63, 3.8) is 0 Å². The van der Waals surface area contributed by atoms with Crippen molar-refractivity contribution in [3.05, 3.63) is 29.8 Å². The van der Waals surface area contributed by atoms with E-state index in [1.165, 1.54) is 26.0 Å². The van der Waals surface area contributed by atoms with Crippen LogP contribution in [0.5, 0.6) is 0 Å². The first kappa shape index (κ1) is 22.8. The first-order valence-corrected chi connectivity index (χ1v) is 10.6. The fourth-order valence-corrected chi connectivity index (χ4v) is 4.52. The van der Waals surface area contributed by atoms with Crippen molar-refractivity contribution < 1.29 is 37.0 Å². The normalized spacial score (nSPS) is 24.4. The van der Waals surface area contributed by atoms with Crippen LogP contribution in [0.4, 0.5) is 0 Å². The first-order chi connectivity index (χ1) is 13.5. The van der Waals surface area contributed by atoms with Gasteiger partial charge in [-0.15, -0.1) is 0 Å². The molecule has 9 nitrogen and oxygen atoms in total. The summed E-state index contributed by atoms with van der Waals surface area (Å²) in [5, 5.41) is 0. The highest BCUT2D eigenvalue weighted by Crippen LogP contribution is 2.29. The Morgan fingerprint density at radius 1 is 0.862 bits per heavy atom. The number of hydrogen-bond donors (Lipinski definition) is 1. The molecule has 1 aliphatic carbocycles. The SMILES string of the molecule is CC(=O)O[C@@H]1[C@@H](NS(=O)(=O)c2ccc(C)cc2)[C@@H](OC(C)=O)CC[C@@H]1OC(C)=O. The maximum absolute atomic E-state index is 12.9. The fourth-order valence-electron chi connectivity index (χ4n) is 3.25. The van der Waals surface area contributed by atoms with Crippen molar-refractivity contribution in [2.45, 2.75) is 69.8 Å². The molecular formula is C19H25NO8S. The average molecular weight is 427 g/mol. The van der Waals surface area contributed by atoms with Gasteiger partial charge < -0.3 is 14.2 Å². The molecule has 160 valence electrons. The lowest BCUT2D eigenvalue weighted by Crippen LogP contribution is -2.60. The molecule has 0 spiro atoms. The van der Waals surface area contributed by atoms with Gasteiger partial charge in [-0.05, 0) is 31.9 Å². The summed E-state index contributed by atoms with van der Waals surface area (Å²) in [6, 6.07) is 5.03. The van der Waals surface area contributed by atoms with Gasteiger partial charge in [-0.1, -0.05) is 17.7 Å². The molecule has 0 heterocycles. The molecule has 29 heavy (non-hydrogen) atoms. The minimum absolute atomic E-state index is 0.000796. The van der Waals surface area contributed by atoms with Crippen LogP contribution in [0.1, 0.15) is 39.2 Å². The predicted octanol–water partition coefficient (Wildman–Crippen LogP) is 1.23. The summed E-state index contributed by atoms with van der Waals surface area (Å²) in [6.07, 6.45) is -2.48. The molecule has 1 N–H and O–H groups in total. The smallest absolute Gasteiger partial charge is 0.303 e. The average Bonchev–Trinajstić information content (AvgIpc) is 2.59. The zero-order valence-electron chi connectivity index (χ0n) is 16.7. The highest BCUT2D eigenvalue weighted by molar-refractivity contribution is 7.89. The summed E-state index contributed by atoms with van der Waals surface area (Å²) in [4.78, 5) is 34.6. The third-order valence-electron chi connectivity index (χ3n) is 4.42. The van der Waals surface area contributed by atoms with Gasteiger partial charge in [-0.25, -0.2) is 13.1 Å². The van der Waals surface area contributed by atoms with Crippen LogP contribution in [0.25, 0.3) is 0 Å². The van der Waals surface area contributed by atoms with Gasteiger partial charge in [0, 0.05) is 20.8 Å². The summed E-state index contributed by atoms with van der Waals surface area (Å²) in [6.45, 7) is 5.38. The summed E-state index contributed by atoms with van der Waals surface area (Å²) >= 11 is 0. The molecule has 1 saturated carbocycles. The van der Waals surface area contributed by atoms with Crippen LogP contribution in [0.2, 0.25) is 0 Å². The molecule has 0 radical (unpaired) electrons. The molecule has 0 amide bonds. The molecule has 1 aromatic carbocycles. The molecule has 0 bridgehead atoms. The quantitative estimate of drug-likeness (QED) is 0.531. The zero-order valence-corrected chi connectivity index (χ0v) is 17.5. The van der Waals surface area contributed by atoms with Crippen LogP contribution < -0.4 is 4.72 Å². The van der Waals surface area contributed by atoms with E-state index in [4.69, 9.17) is 14.2 Å². The van der Waals surface area contributed by atoms with E-state index >= 15 is 0 Å². The van der Waals surface area contributed by atoms with E-state index in [9.17, 15) is 22.8 Å². The van der Waals surface area contributed by atoms with Crippen LogP contribution in [0.3, 0.4) is 0 Å². The van der Waals surface area contributed by atoms with E-state index in [1.54, 1.807) is 12.1 Å². The number of rotatable bonds is 6. The summed E-state index contributed by atoms with van der Waals surface area (Å²) in [5.41, 5.74) is 0.882. The standard InChI is InChI=1S/C19H25NO8S/c1-11-5-7-15(8-6-11)29(24,25)20-18-16(26-12(2)21)9-10-17(27-13(3)22)19(18)28-14(4)23/h5-8,16-20H,9-10H2,1-4H3/t16-,17-,18-,19-/m0/s1. The maximum atomic E-state index is 12.9. The largest absolute Gasteiger partial charge is 0.461 e. The van der Waals surface area contributed by atoms with E-state index in [1.807, 2.05) is 6.92 Å². The second kappa shape index (κ2) is 9.36. The first-order valence-electron chi connectivity index (χ1n) is 9.10. The van der Waals surface area contributed by atoms with Crippen molar-refractivity contribution in [3.8, 4) is 0 Å². The van der Waals surface area contributed by atoms with Gasteiger partial charge >= 0.3 is 17.9 Å². The van der Waals surface area contributed by atoms with E-state index in [-0.39, 0.29) is 17.7 Å². The number of carbonyl (C=O) groups is 3. The number of carbonyl (C=O) groups excluding carboxylic acids is 3. The number of nitrogens with one attached hydrogen (secondary N) is 1. The minimum Gasteiger partial charge on any atom is -0.461 e. The number of hydrogen-bond acceptors (Lipinski definition) is 8. The van der Waals surface area contributed by atoms with Crippen molar-refractivity contribution >= 4 is 27.9 Å². The molecule has 0 aromatic heterocycles. The molecule has 10 heteroatoms. The van der Waals surface area contributed by atoms with Gasteiger partial charge in [0.15, 0.2) is 6.10 Å². The zero-order chi connectivity index (χ0) is 21.8.